The molecule has 1 N–H and O–H groups in total. The average molecular weight is 621 g/mol. The van der Waals surface area contributed by atoms with Crippen molar-refractivity contribution in [3.05, 3.63) is 102 Å². The van der Waals surface area contributed by atoms with Gasteiger partial charge in [-0.2, -0.15) is 0 Å². The van der Waals surface area contributed by atoms with Crippen molar-refractivity contribution in [1.29, 1.82) is 0 Å². The van der Waals surface area contributed by atoms with E-state index in [4.69, 9.17) is 4.74 Å². The van der Waals surface area contributed by atoms with Gasteiger partial charge in [0.15, 0.2) is 5.78 Å². The zero-order chi connectivity index (χ0) is 31.8. The number of amides is 2. The van der Waals surface area contributed by atoms with E-state index in [1.807, 2.05) is 60.7 Å². The van der Waals surface area contributed by atoms with Gasteiger partial charge >= 0.3 is 12.1 Å². The molecule has 0 unspecified atom stereocenters. The molecule has 46 heavy (non-hydrogen) atoms. The molecule has 4 saturated carbocycles. The summed E-state index contributed by atoms with van der Waals surface area (Å²) in [7, 11) is 0. The van der Waals surface area contributed by atoms with E-state index >= 15 is 4.79 Å². The molecule has 0 aromatic heterocycles. The van der Waals surface area contributed by atoms with E-state index in [2.05, 4.69) is 0 Å². The number of aliphatic carboxylic acids is 1. The number of fused-ring (bicyclic) bond motifs is 1. The van der Waals surface area contributed by atoms with Crippen LogP contribution in [0.25, 0.3) is 0 Å². The fraction of sp³-hybridized carbons (Fsp3) is 0.421. The van der Waals surface area contributed by atoms with Crippen molar-refractivity contribution < 1.29 is 29.0 Å². The number of carboxylic acids is 1. The number of carbonyl (C=O) groups is 4. The van der Waals surface area contributed by atoms with Crippen LogP contribution >= 0.6 is 0 Å². The van der Waals surface area contributed by atoms with Crippen LogP contribution in [0, 0.1) is 23.2 Å². The summed E-state index contributed by atoms with van der Waals surface area (Å²) in [5, 5.41) is 10.6. The maximum Gasteiger partial charge on any atom is 0.411 e. The van der Waals surface area contributed by atoms with E-state index in [1.54, 1.807) is 29.2 Å². The number of ketones is 1. The molecule has 2 atom stereocenters. The lowest BCUT2D eigenvalue weighted by atomic mass is 9.48. The zero-order valence-corrected chi connectivity index (χ0v) is 25.9. The maximum atomic E-state index is 15.2. The van der Waals surface area contributed by atoms with Crippen LogP contribution in [0.2, 0.25) is 0 Å². The molecule has 0 radical (unpaired) electrons. The van der Waals surface area contributed by atoms with Gasteiger partial charge in [0.2, 0.25) is 5.91 Å². The molecule has 0 saturated heterocycles. The minimum absolute atomic E-state index is 0.0807. The molecule has 0 spiro atoms. The topological polar surface area (TPSA) is 104 Å². The molecule has 1 aliphatic heterocycles. The number of rotatable bonds is 7. The highest BCUT2D eigenvalue weighted by Crippen LogP contribution is 2.62. The van der Waals surface area contributed by atoms with Crippen LogP contribution in [0.15, 0.2) is 84.9 Å². The highest BCUT2D eigenvalue weighted by Gasteiger charge is 2.55. The second-order valence-corrected chi connectivity index (χ2v) is 14.0. The molecule has 8 nitrogen and oxygen atoms in total. The minimum Gasteiger partial charge on any atom is -0.480 e. The fourth-order valence-corrected chi connectivity index (χ4v) is 9.28. The van der Waals surface area contributed by atoms with Gasteiger partial charge in [-0.05, 0) is 91.4 Å². The highest BCUT2D eigenvalue weighted by molar-refractivity contribution is 6.09. The standard InChI is InChI=1S/C38H40N2O6/c41-34-18-32(36(43)44)40(37(45)46-24-26-11-5-2-6-12-26)33(22-38-19-27-15-28(20-38)17-29(16-27)21-38)35(42)39(23-25-9-3-1-4-10-25)31-14-8-7-13-30(31)34/h1-14,27-29,32-33H,15-24H2,(H,43,44)/t27?,28?,29?,32-,33+,38?/m0/s1. The van der Waals surface area contributed by atoms with Gasteiger partial charge in [0.25, 0.3) is 0 Å². The second-order valence-electron chi connectivity index (χ2n) is 14.0. The van der Waals surface area contributed by atoms with Crippen molar-refractivity contribution in [2.24, 2.45) is 23.2 Å². The summed E-state index contributed by atoms with van der Waals surface area (Å²) >= 11 is 0. The Labute approximate surface area is 269 Å². The third-order valence-electron chi connectivity index (χ3n) is 10.8. The van der Waals surface area contributed by atoms with Crippen molar-refractivity contribution in [1.82, 2.24) is 4.90 Å². The lowest BCUT2D eigenvalue weighted by Crippen LogP contribution is -2.59. The van der Waals surface area contributed by atoms with E-state index in [0.29, 0.717) is 29.9 Å². The number of Topliss-reactive ketones (excluding diaryl/α,β-unsaturated/α-hetero) is 1. The third kappa shape index (κ3) is 5.93. The second kappa shape index (κ2) is 12.4. The van der Waals surface area contributed by atoms with Gasteiger partial charge < -0.3 is 14.7 Å². The Morgan fingerprint density at radius 3 is 1.96 bits per heavy atom. The fourth-order valence-electron chi connectivity index (χ4n) is 9.28. The largest absolute Gasteiger partial charge is 0.480 e. The zero-order valence-electron chi connectivity index (χ0n) is 25.9. The molecule has 2 amide bonds. The van der Waals surface area contributed by atoms with Gasteiger partial charge in [-0.15, -0.1) is 0 Å². The van der Waals surface area contributed by atoms with Gasteiger partial charge in [-0.25, -0.2) is 9.59 Å². The monoisotopic (exact) mass is 620 g/mol. The molecule has 4 fully saturated rings. The highest BCUT2D eigenvalue weighted by atomic mass is 16.6. The normalized spacial score (nSPS) is 28.7. The third-order valence-corrected chi connectivity index (χ3v) is 10.8. The number of hydrogen-bond donors (Lipinski definition) is 1. The number of anilines is 1. The smallest absolute Gasteiger partial charge is 0.411 e. The molecular weight excluding hydrogens is 580 g/mol. The summed E-state index contributed by atoms with van der Waals surface area (Å²) in [6.07, 6.45) is 5.54. The van der Waals surface area contributed by atoms with E-state index in [0.717, 1.165) is 35.3 Å². The molecule has 5 aliphatic rings. The summed E-state index contributed by atoms with van der Waals surface area (Å²) in [5.74, 6) is -0.380. The Hall–Kier alpha value is -4.46. The summed E-state index contributed by atoms with van der Waals surface area (Å²) < 4.78 is 5.79. The molecule has 4 aliphatic carbocycles. The quantitative estimate of drug-likeness (QED) is 0.309. The van der Waals surface area contributed by atoms with Gasteiger partial charge in [-0.3, -0.25) is 14.5 Å². The predicted molar refractivity (Wildman–Crippen MR) is 172 cm³/mol. The van der Waals surface area contributed by atoms with E-state index in [1.165, 1.54) is 19.3 Å². The summed E-state index contributed by atoms with van der Waals surface area (Å²) in [5.41, 5.74) is 2.13. The van der Waals surface area contributed by atoms with Gasteiger partial charge in [0.05, 0.1) is 12.2 Å². The molecule has 8 heteroatoms. The molecule has 8 rings (SSSR count). The Morgan fingerprint density at radius 2 is 1.35 bits per heavy atom. The first-order chi connectivity index (χ1) is 22.3. The van der Waals surface area contributed by atoms with Crippen LogP contribution in [0.4, 0.5) is 10.5 Å². The van der Waals surface area contributed by atoms with Gasteiger partial charge in [-0.1, -0.05) is 72.8 Å². The average Bonchev–Trinajstić information content (AvgIpc) is 3.08. The predicted octanol–water partition coefficient (Wildman–Crippen LogP) is 6.87. The lowest BCUT2D eigenvalue weighted by molar-refractivity contribution is -0.146. The lowest BCUT2D eigenvalue weighted by Gasteiger charge is -2.58. The van der Waals surface area contributed by atoms with Crippen LogP contribution < -0.4 is 4.90 Å². The number of carbonyl (C=O) groups excluding carboxylic acids is 3. The van der Waals surface area contributed by atoms with Gasteiger partial charge in [0, 0.05) is 12.0 Å². The molecule has 238 valence electrons. The van der Waals surface area contributed by atoms with Crippen molar-refractivity contribution in [2.75, 3.05) is 4.90 Å². The first kappa shape index (κ1) is 30.2. The summed E-state index contributed by atoms with van der Waals surface area (Å²) in [6, 6.07) is 22.9. The molecular formula is C38H40N2O6. The van der Waals surface area contributed by atoms with E-state index < -0.39 is 36.4 Å². The number of benzene rings is 3. The van der Waals surface area contributed by atoms with Crippen molar-refractivity contribution in [3.63, 3.8) is 0 Å². The van der Waals surface area contributed by atoms with E-state index in [-0.39, 0.29) is 30.0 Å². The Balaban J connectivity index is 1.34. The number of carboxylic acid groups (broad SMARTS) is 1. The van der Waals surface area contributed by atoms with Crippen molar-refractivity contribution in [2.45, 2.75) is 76.6 Å². The SMILES string of the molecule is O=C1C[C@@H](C(=O)O)N(C(=O)OCc2ccccc2)[C@H](CC23CC4CC(CC(C4)C2)C3)C(=O)N(Cc2ccccc2)c2ccccc21. The molecule has 3 aromatic rings. The molecule has 1 heterocycles. The Bertz CT molecular complexity index is 1590. The number of nitrogens with zero attached hydrogens (tertiary/aromatic N) is 2. The first-order valence-electron chi connectivity index (χ1n) is 16.5. The van der Waals surface area contributed by atoms with Gasteiger partial charge in [0.1, 0.15) is 18.7 Å². The first-order valence-corrected chi connectivity index (χ1v) is 16.5. The van der Waals surface area contributed by atoms with Crippen LogP contribution in [0.5, 0.6) is 0 Å². The van der Waals surface area contributed by atoms with E-state index in [9.17, 15) is 19.5 Å². The molecule has 4 bridgehead atoms. The minimum atomic E-state index is -1.57. The summed E-state index contributed by atoms with van der Waals surface area (Å²) in [6.45, 7) is 0.0919. The number of para-hydroxylation sites is 1. The Kier molecular flexibility index (Phi) is 8.13. The van der Waals surface area contributed by atoms with Crippen LogP contribution in [0.3, 0.4) is 0 Å². The number of ether oxygens (including phenoxy) is 1. The molecule has 3 aromatic carbocycles. The Morgan fingerprint density at radius 1 is 0.783 bits per heavy atom. The van der Waals surface area contributed by atoms with Crippen LogP contribution in [-0.2, 0) is 27.5 Å². The van der Waals surface area contributed by atoms with Crippen LogP contribution in [0.1, 0.15) is 72.9 Å². The van der Waals surface area contributed by atoms with Crippen molar-refractivity contribution >= 4 is 29.4 Å². The summed E-state index contributed by atoms with van der Waals surface area (Å²) in [4.78, 5) is 59.1. The number of hydrogen-bond acceptors (Lipinski definition) is 5. The van der Waals surface area contributed by atoms with Crippen LogP contribution in [-0.4, -0.2) is 45.8 Å². The van der Waals surface area contributed by atoms with Crippen molar-refractivity contribution in [3.8, 4) is 0 Å². The maximum absolute atomic E-state index is 15.2.